The van der Waals surface area contributed by atoms with Crippen LogP contribution in [0.4, 0.5) is 15.8 Å². The predicted octanol–water partition coefficient (Wildman–Crippen LogP) is 6.12. The number of hydrogen-bond donors (Lipinski definition) is 2. The Bertz CT molecular complexity index is 919. The minimum absolute atomic E-state index is 0. The molecule has 1 unspecified atom stereocenters. The van der Waals surface area contributed by atoms with E-state index >= 15 is 0 Å². The second kappa shape index (κ2) is 7.17. The Morgan fingerprint density at radius 3 is 2.48 bits per heavy atom. The zero-order valence-corrected chi connectivity index (χ0v) is 16.7. The number of allylic oxidation sites excluding steroid dienone is 1. The number of anilines is 2. The highest BCUT2D eigenvalue weighted by Gasteiger charge is 2.39. The Balaban J connectivity index is 0.00000210. The molecule has 0 fully saturated rings. The summed E-state index contributed by atoms with van der Waals surface area (Å²) < 4.78 is 14.7. The zero-order chi connectivity index (χ0) is 18.5. The molecular weight excluding hydrogens is 386 g/mol. The molecule has 0 amide bonds. The molecule has 142 valence electrons. The molecule has 2 aromatic carbocycles. The molecule has 0 aromatic heterocycles. The van der Waals surface area contributed by atoms with Crippen molar-refractivity contribution in [3.05, 3.63) is 70.1 Å². The predicted molar refractivity (Wildman–Crippen MR) is 110 cm³/mol. The number of fused-ring (bicyclic) bond motifs is 1. The molecule has 2 aliphatic rings. The monoisotopic (exact) mass is 406 g/mol. The smallest absolute Gasteiger partial charge is 0.163 e. The van der Waals surface area contributed by atoms with E-state index in [1.807, 2.05) is 24.3 Å². The molecule has 27 heavy (non-hydrogen) atoms. The van der Waals surface area contributed by atoms with Gasteiger partial charge in [-0.3, -0.25) is 4.79 Å². The van der Waals surface area contributed by atoms with Gasteiger partial charge in [0.1, 0.15) is 5.82 Å². The third-order valence-electron chi connectivity index (χ3n) is 5.01. The van der Waals surface area contributed by atoms with E-state index in [-0.39, 0.29) is 23.6 Å². The van der Waals surface area contributed by atoms with Crippen molar-refractivity contribution >= 4 is 41.2 Å². The number of halogens is 3. The SMILES string of the molecule is CC1(C)CC(=O)C2=C(C1)Nc1ccccc1NC2c1c(F)cccc1Cl.Cl. The topological polar surface area (TPSA) is 41.1 Å². The van der Waals surface area contributed by atoms with Crippen molar-refractivity contribution in [3.8, 4) is 0 Å². The number of carbonyl (C=O) groups excluding carboxylic acids is 1. The van der Waals surface area contributed by atoms with Crippen LogP contribution in [0.2, 0.25) is 5.02 Å². The standard InChI is InChI=1S/C21H20ClFN2O.ClH/c1-21(2)10-16-19(17(26)11-21)20(18-12(22)6-5-7-13(18)23)25-15-9-4-3-8-14(15)24-16;/h3-9,20,24-25H,10-11H2,1-2H3;1H. The maximum absolute atomic E-state index is 14.7. The molecule has 0 radical (unpaired) electrons. The molecule has 2 N–H and O–H groups in total. The van der Waals surface area contributed by atoms with E-state index in [1.165, 1.54) is 6.07 Å². The fourth-order valence-electron chi connectivity index (χ4n) is 3.89. The summed E-state index contributed by atoms with van der Waals surface area (Å²) >= 11 is 6.34. The van der Waals surface area contributed by atoms with E-state index in [9.17, 15) is 9.18 Å². The third-order valence-corrected chi connectivity index (χ3v) is 5.34. The van der Waals surface area contributed by atoms with Crippen LogP contribution in [0, 0.1) is 11.2 Å². The molecule has 0 saturated carbocycles. The Morgan fingerprint density at radius 2 is 1.78 bits per heavy atom. The van der Waals surface area contributed by atoms with Crippen molar-refractivity contribution in [1.82, 2.24) is 0 Å². The minimum Gasteiger partial charge on any atom is -0.372 e. The molecule has 0 saturated heterocycles. The van der Waals surface area contributed by atoms with E-state index in [4.69, 9.17) is 11.6 Å². The van der Waals surface area contributed by atoms with Gasteiger partial charge in [0.05, 0.1) is 17.4 Å². The number of hydrogen-bond acceptors (Lipinski definition) is 3. The quantitative estimate of drug-likeness (QED) is 0.598. The molecule has 6 heteroatoms. The molecule has 0 spiro atoms. The van der Waals surface area contributed by atoms with Crippen molar-refractivity contribution in [3.63, 3.8) is 0 Å². The fourth-order valence-corrected chi connectivity index (χ4v) is 4.16. The summed E-state index contributed by atoms with van der Waals surface area (Å²) in [5.41, 5.74) is 3.28. The molecule has 2 aromatic rings. The summed E-state index contributed by atoms with van der Waals surface area (Å²) in [4.78, 5) is 13.1. The van der Waals surface area contributed by atoms with E-state index < -0.39 is 11.9 Å². The lowest BCUT2D eigenvalue weighted by atomic mass is 9.73. The number of carbonyl (C=O) groups is 1. The first-order valence-corrected chi connectivity index (χ1v) is 9.06. The van der Waals surface area contributed by atoms with Gasteiger partial charge in [0.15, 0.2) is 5.78 Å². The summed E-state index contributed by atoms with van der Waals surface area (Å²) in [6.07, 6.45) is 1.14. The minimum atomic E-state index is -0.626. The zero-order valence-electron chi connectivity index (χ0n) is 15.1. The number of benzene rings is 2. The van der Waals surface area contributed by atoms with E-state index in [0.717, 1.165) is 17.1 Å². The Kier molecular flexibility index (Phi) is 5.24. The van der Waals surface area contributed by atoms with Crippen LogP contribution in [0.15, 0.2) is 53.7 Å². The van der Waals surface area contributed by atoms with Gasteiger partial charge in [0, 0.05) is 28.3 Å². The second-order valence-corrected chi connectivity index (χ2v) is 8.12. The third kappa shape index (κ3) is 3.56. The van der Waals surface area contributed by atoms with Gasteiger partial charge in [-0.25, -0.2) is 4.39 Å². The maximum atomic E-state index is 14.7. The van der Waals surface area contributed by atoms with Crippen molar-refractivity contribution in [2.75, 3.05) is 10.6 Å². The highest BCUT2D eigenvalue weighted by Crippen LogP contribution is 2.46. The van der Waals surface area contributed by atoms with Gasteiger partial charge in [0.25, 0.3) is 0 Å². The van der Waals surface area contributed by atoms with E-state index in [1.54, 1.807) is 12.1 Å². The van der Waals surface area contributed by atoms with Crippen LogP contribution in [0.1, 0.15) is 38.3 Å². The number of nitrogens with one attached hydrogen (secondary N) is 2. The molecule has 4 rings (SSSR count). The number of rotatable bonds is 1. The normalized spacial score (nSPS) is 20.4. The van der Waals surface area contributed by atoms with Crippen LogP contribution in [0.5, 0.6) is 0 Å². The van der Waals surface area contributed by atoms with Crippen molar-refractivity contribution in [1.29, 1.82) is 0 Å². The highest BCUT2D eigenvalue weighted by molar-refractivity contribution is 6.31. The fraction of sp³-hybridized carbons (Fsp3) is 0.286. The largest absolute Gasteiger partial charge is 0.372 e. The Hall–Kier alpha value is -2.04. The number of ketones is 1. The van der Waals surface area contributed by atoms with Gasteiger partial charge < -0.3 is 10.6 Å². The first-order chi connectivity index (χ1) is 12.4. The van der Waals surface area contributed by atoms with Crippen LogP contribution in [0.25, 0.3) is 0 Å². The maximum Gasteiger partial charge on any atom is 0.163 e. The molecular formula is C21H21Cl2FN2O. The summed E-state index contributed by atoms with van der Waals surface area (Å²) in [6, 6.07) is 11.7. The molecule has 1 heterocycles. The second-order valence-electron chi connectivity index (χ2n) is 7.72. The highest BCUT2D eigenvalue weighted by atomic mass is 35.5. The average molecular weight is 407 g/mol. The van der Waals surface area contributed by atoms with Crippen LogP contribution in [0.3, 0.4) is 0 Å². The van der Waals surface area contributed by atoms with Crippen LogP contribution in [-0.2, 0) is 4.79 Å². The summed E-state index contributed by atoms with van der Waals surface area (Å²) in [5, 5.41) is 7.08. The van der Waals surface area contributed by atoms with Crippen molar-refractivity contribution < 1.29 is 9.18 Å². The van der Waals surface area contributed by atoms with E-state index in [2.05, 4.69) is 24.5 Å². The molecule has 1 aliphatic heterocycles. The first kappa shape index (κ1) is 19.7. The lowest BCUT2D eigenvalue weighted by Gasteiger charge is -2.34. The van der Waals surface area contributed by atoms with Gasteiger partial charge in [-0.05, 0) is 36.1 Å². The van der Waals surface area contributed by atoms with Gasteiger partial charge in [0.2, 0.25) is 0 Å². The number of para-hydroxylation sites is 2. The van der Waals surface area contributed by atoms with Crippen LogP contribution >= 0.6 is 24.0 Å². The molecule has 3 nitrogen and oxygen atoms in total. The van der Waals surface area contributed by atoms with Crippen molar-refractivity contribution in [2.45, 2.75) is 32.7 Å². The lowest BCUT2D eigenvalue weighted by Crippen LogP contribution is -2.31. The van der Waals surface area contributed by atoms with Crippen LogP contribution in [-0.4, -0.2) is 5.78 Å². The van der Waals surface area contributed by atoms with Gasteiger partial charge >= 0.3 is 0 Å². The Labute approximate surface area is 169 Å². The Morgan fingerprint density at radius 1 is 1.07 bits per heavy atom. The summed E-state index contributed by atoms with van der Waals surface area (Å²) in [6.45, 7) is 4.15. The van der Waals surface area contributed by atoms with Gasteiger partial charge in [-0.15, -0.1) is 12.4 Å². The molecule has 1 atom stereocenters. The van der Waals surface area contributed by atoms with Crippen LogP contribution < -0.4 is 10.6 Å². The van der Waals surface area contributed by atoms with Crippen molar-refractivity contribution in [2.24, 2.45) is 5.41 Å². The molecule has 0 bridgehead atoms. The first-order valence-electron chi connectivity index (χ1n) is 8.68. The van der Waals surface area contributed by atoms with Gasteiger partial charge in [-0.1, -0.05) is 43.6 Å². The molecule has 1 aliphatic carbocycles. The lowest BCUT2D eigenvalue weighted by molar-refractivity contribution is -0.118. The van der Waals surface area contributed by atoms with E-state index in [0.29, 0.717) is 29.0 Å². The summed E-state index contributed by atoms with van der Waals surface area (Å²) in [7, 11) is 0. The summed E-state index contributed by atoms with van der Waals surface area (Å²) in [5.74, 6) is -0.396. The average Bonchev–Trinajstić information content (AvgIpc) is 2.70. The van der Waals surface area contributed by atoms with Gasteiger partial charge in [-0.2, -0.15) is 0 Å². The number of Topliss-reactive ketones (excluding diaryl/α,β-unsaturated/α-hetero) is 1.